The molecule has 0 saturated carbocycles. The molecule has 0 bridgehead atoms. The lowest BCUT2D eigenvalue weighted by molar-refractivity contribution is 0.0682. The molecule has 158 valence electrons. The Bertz CT molecular complexity index is 979. The van der Waals surface area contributed by atoms with Crippen LogP contribution in [-0.4, -0.2) is 53.9 Å². The normalized spacial score (nSPS) is 18.4. The molecule has 1 aromatic heterocycles. The Balaban J connectivity index is 1.39. The Labute approximate surface area is 176 Å². The van der Waals surface area contributed by atoms with Crippen molar-refractivity contribution in [1.82, 2.24) is 4.90 Å². The Morgan fingerprint density at radius 3 is 2.80 bits per heavy atom. The van der Waals surface area contributed by atoms with Gasteiger partial charge in [0, 0.05) is 30.9 Å². The summed E-state index contributed by atoms with van der Waals surface area (Å²) in [6, 6.07) is 9.23. The molecule has 3 heterocycles. The zero-order valence-electron chi connectivity index (χ0n) is 17.2. The number of likely N-dealkylation sites (tertiary alicyclic amines) is 1. The Kier molecular flexibility index (Phi) is 5.60. The fourth-order valence-electron chi connectivity index (χ4n) is 3.54. The summed E-state index contributed by atoms with van der Waals surface area (Å²) >= 11 is 0. The Morgan fingerprint density at radius 1 is 1.20 bits per heavy atom. The van der Waals surface area contributed by atoms with Crippen LogP contribution in [0, 0.1) is 11.8 Å². The van der Waals surface area contributed by atoms with Gasteiger partial charge in [0.05, 0.1) is 0 Å². The summed E-state index contributed by atoms with van der Waals surface area (Å²) < 4.78 is 16.8. The third kappa shape index (κ3) is 4.89. The first-order valence-corrected chi connectivity index (χ1v) is 10.2. The molecule has 0 unspecified atom stereocenters. The van der Waals surface area contributed by atoms with Crippen molar-refractivity contribution < 1.29 is 23.8 Å². The molecule has 1 fully saturated rings. The molecular formula is C23H26N2O5. The zero-order valence-corrected chi connectivity index (χ0v) is 17.2. The number of carbonyl (C=O) groups is 1. The summed E-state index contributed by atoms with van der Waals surface area (Å²) in [5.74, 6) is 7.41. The maximum atomic E-state index is 12.9. The van der Waals surface area contributed by atoms with E-state index in [1.165, 1.54) is 0 Å². The van der Waals surface area contributed by atoms with Crippen LogP contribution in [0.25, 0.3) is 0 Å². The van der Waals surface area contributed by atoms with Crippen LogP contribution in [0.2, 0.25) is 0 Å². The molecule has 2 aliphatic heterocycles. The Morgan fingerprint density at radius 2 is 2.00 bits per heavy atom. The van der Waals surface area contributed by atoms with Crippen molar-refractivity contribution >= 4 is 11.6 Å². The smallest absolute Gasteiger partial charge is 0.289 e. The van der Waals surface area contributed by atoms with E-state index < -0.39 is 5.60 Å². The third-order valence-electron chi connectivity index (χ3n) is 4.93. The molecule has 1 aromatic carbocycles. The maximum absolute atomic E-state index is 12.9. The number of hydrogen-bond acceptors (Lipinski definition) is 6. The summed E-state index contributed by atoms with van der Waals surface area (Å²) in [5.41, 5.74) is -0.169. The van der Waals surface area contributed by atoms with E-state index in [1.54, 1.807) is 30.9 Å². The van der Waals surface area contributed by atoms with E-state index in [1.807, 2.05) is 18.2 Å². The first-order valence-electron chi connectivity index (χ1n) is 10.2. The minimum absolute atomic E-state index is 0.134. The molecular weight excluding hydrogens is 384 g/mol. The predicted molar refractivity (Wildman–Crippen MR) is 112 cm³/mol. The van der Waals surface area contributed by atoms with E-state index >= 15 is 0 Å². The second kappa shape index (κ2) is 8.33. The highest BCUT2D eigenvalue weighted by Gasteiger charge is 2.26. The van der Waals surface area contributed by atoms with Gasteiger partial charge < -0.3 is 29.2 Å². The second-order valence-corrected chi connectivity index (χ2v) is 8.07. The van der Waals surface area contributed by atoms with Crippen LogP contribution in [0.3, 0.4) is 0 Å². The van der Waals surface area contributed by atoms with Crippen molar-refractivity contribution in [2.24, 2.45) is 0 Å². The average Bonchev–Trinajstić information content (AvgIpc) is 3.20. The monoisotopic (exact) mass is 410 g/mol. The van der Waals surface area contributed by atoms with Gasteiger partial charge >= 0.3 is 0 Å². The highest BCUT2D eigenvalue weighted by molar-refractivity contribution is 5.91. The number of ether oxygens (including phenoxy) is 2. The molecule has 1 saturated heterocycles. The van der Waals surface area contributed by atoms with E-state index in [2.05, 4.69) is 17.2 Å². The highest BCUT2D eigenvalue weighted by Crippen LogP contribution is 2.33. The molecule has 0 radical (unpaired) electrons. The van der Waals surface area contributed by atoms with E-state index in [-0.39, 0.29) is 17.7 Å². The van der Waals surface area contributed by atoms with Crippen LogP contribution in [0.15, 0.2) is 34.7 Å². The van der Waals surface area contributed by atoms with E-state index in [0.29, 0.717) is 32.1 Å². The zero-order chi connectivity index (χ0) is 21.1. The van der Waals surface area contributed by atoms with Crippen molar-refractivity contribution in [2.75, 3.05) is 31.6 Å². The Hall–Kier alpha value is -3.11. The number of benzene rings is 1. The molecule has 0 aliphatic carbocycles. The summed E-state index contributed by atoms with van der Waals surface area (Å²) in [5, 5.41) is 13.2. The molecule has 2 aliphatic rings. The van der Waals surface area contributed by atoms with Crippen molar-refractivity contribution in [2.45, 2.75) is 38.3 Å². The number of hydrogen-bond donors (Lipinski definition) is 2. The van der Waals surface area contributed by atoms with Gasteiger partial charge in [0.1, 0.15) is 18.8 Å². The van der Waals surface area contributed by atoms with Gasteiger partial charge in [-0.25, -0.2) is 0 Å². The first kappa shape index (κ1) is 20.2. The van der Waals surface area contributed by atoms with Crippen LogP contribution in [-0.2, 0) is 0 Å². The molecule has 1 atom stereocenters. The summed E-state index contributed by atoms with van der Waals surface area (Å²) in [7, 11) is 0. The molecule has 2 aromatic rings. The number of nitrogens with one attached hydrogen (secondary N) is 1. The number of aliphatic hydroxyl groups is 1. The van der Waals surface area contributed by atoms with Crippen LogP contribution < -0.4 is 14.8 Å². The standard InChI is InChI=1S/C23H26N2O5/c1-23(2,27)10-9-18-6-8-20(30-18)22(26)25-11-3-4-17(15-25)24-16-5-7-19-21(14-16)29-13-12-28-19/h5-8,14,17,24,27H,3-4,11-13,15H2,1-2H3/t17-/m1/s1. The number of nitrogens with zero attached hydrogens (tertiary/aromatic N) is 1. The van der Waals surface area contributed by atoms with Gasteiger partial charge in [-0.1, -0.05) is 5.92 Å². The van der Waals surface area contributed by atoms with Gasteiger partial charge in [0.25, 0.3) is 5.91 Å². The average molecular weight is 410 g/mol. The van der Waals surface area contributed by atoms with Crippen LogP contribution in [0.1, 0.15) is 43.0 Å². The van der Waals surface area contributed by atoms with Crippen molar-refractivity contribution in [1.29, 1.82) is 0 Å². The lowest BCUT2D eigenvalue weighted by Crippen LogP contribution is -2.45. The number of piperidine rings is 1. The fourth-order valence-corrected chi connectivity index (χ4v) is 3.54. The van der Waals surface area contributed by atoms with Gasteiger partial charge in [0.2, 0.25) is 0 Å². The minimum Gasteiger partial charge on any atom is -0.486 e. The summed E-state index contributed by atoms with van der Waals surface area (Å²) in [6.45, 7) is 5.57. The van der Waals surface area contributed by atoms with Crippen LogP contribution in [0.4, 0.5) is 5.69 Å². The lowest BCUT2D eigenvalue weighted by atomic mass is 10.0. The molecule has 0 spiro atoms. The van der Waals surface area contributed by atoms with Gasteiger partial charge in [0.15, 0.2) is 23.0 Å². The van der Waals surface area contributed by atoms with Crippen LogP contribution in [0.5, 0.6) is 11.5 Å². The minimum atomic E-state index is -1.11. The van der Waals surface area contributed by atoms with Gasteiger partial charge in [-0.05, 0) is 56.9 Å². The van der Waals surface area contributed by atoms with Gasteiger partial charge in [-0.3, -0.25) is 4.79 Å². The van der Waals surface area contributed by atoms with Crippen LogP contribution >= 0.6 is 0 Å². The number of amides is 1. The summed E-state index contributed by atoms with van der Waals surface area (Å²) in [6.07, 6.45) is 1.87. The van der Waals surface area contributed by atoms with Crippen molar-refractivity contribution in [3.63, 3.8) is 0 Å². The third-order valence-corrected chi connectivity index (χ3v) is 4.93. The van der Waals surface area contributed by atoms with Gasteiger partial charge in [-0.15, -0.1) is 0 Å². The fraction of sp³-hybridized carbons (Fsp3) is 0.435. The number of furan rings is 1. The number of fused-ring (bicyclic) bond motifs is 1. The molecule has 7 heteroatoms. The molecule has 2 N–H and O–H groups in total. The SMILES string of the molecule is CC(C)(O)C#Cc1ccc(C(=O)N2CCC[C@@H](Nc3ccc4c(c3)OCCO4)C2)o1. The van der Waals surface area contributed by atoms with Gasteiger partial charge in [-0.2, -0.15) is 0 Å². The number of carbonyl (C=O) groups excluding carboxylic acids is 1. The molecule has 4 rings (SSSR count). The molecule has 30 heavy (non-hydrogen) atoms. The number of anilines is 1. The maximum Gasteiger partial charge on any atom is 0.289 e. The van der Waals surface area contributed by atoms with E-state index in [9.17, 15) is 9.90 Å². The second-order valence-electron chi connectivity index (χ2n) is 8.07. The topological polar surface area (TPSA) is 84.2 Å². The molecule has 7 nitrogen and oxygen atoms in total. The van der Waals surface area contributed by atoms with E-state index in [4.69, 9.17) is 13.9 Å². The quantitative estimate of drug-likeness (QED) is 0.757. The summed E-state index contributed by atoms with van der Waals surface area (Å²) in [4.78, 5) is 14.7. The molecule has 1 amide bonds. The van der Waals surface area contributed by atoms with E-state index in [0.717, 1.165) is 30.0 Å². The predicted octanol–water partition coefficient (Wildman–Crippen LogP) is 2.89. The van der Waals surface area contributed by atoms with Crippen molar-refractivity contribution in [3.8, 4) is 23.3 Å². The van der Waals surface area contributed by atoms with Crippen molar-refractivity contribution in [3.05, 3.63) is 41.9 Å². The number of rotatable bonds is 3. The lowest BCUT2D eigenvalue weighted by Gasteiger charge is -2.33. The highest BCUT2D eigenvalue weighted by atomic mass is 16.6. The largest absolute Gasteiger partial charge is 0.486 e. The first-order chi connectivity index (χ1) is 14.4.